The van der Waals surface area contributed by atoms with Gasteiger partial charge in [-0.25, -0.2) is 0 Å². The number of carbonyl (C=O) groups is 2. The van der Waals surface area contributed by atoms with Crippen LogP contribution in [0.25, 0.3) is 10.2 Å². The van der Waals surface area contributed by atoms with E-state index in [1.807, 2.05) is 0 Å². The van der Waals surface area contributed by atoms with Gasteiger partial charge in [0.05, 0.1) is 21.7 Å². The maximum atomic E-state index is 12.5. The first-order valence-electron chi connectivity index (χ1n) is 8.17. The van der Waals surface area contributed by atoms with Crippen LogP contribution in [0.15, 0.2) is 51.9 Å². The minimum Gasteiger partial charge on any atom is -0.465 e. The van der Waals surface area contributed by atoms with Gasteiger partial charge in [0.15, 0.2) is 4.80 Å². The number of fused-ring (bicyclic) bond motifs is 1. The van der Waals surface area contributed by atoms with Gasteiger partial charge in [0, 0.05) is 22.2 Å². The van der Waals surface area contributed by atoms with Gasteiger partial charge in [-0.3, -0.25) is 19.7 Å². The zero-order valence-electron chi connectivity index (χ0n) is 14.6. The predicted molar refractivity (Wildman–Crippen MR) is 107 cm³/mol. The molecule has 0 unspecified atom stereocenters. The van der Waals surface area contributed by atoms with E-state index in [0.717, 1.165) is 15.8 Å². The summed E-state index contributed by atoms with van der Waals surface area (Å²) in [7, 11) is 0. The fourth-order valence-corrected chi connectivity index (χ4v) is 3.82. The van der Waals surface area contributed by atoms with Crippen LogP contribution in [0.4, 0.5) is 5.69 Å². The second-order valence-electron chi connectivity index (χ2n) is 5.61. The molecular weight excluding hydrogens is 450 g/mol. The summed E-state index contributed by atoms with van der Waals surface area (Å²) in [6.07, 6.45) is 0. The minimum atomic E-state index is -0.501. The number of hydrogen-bond donors (Lipinski definition) is 0. The van der Waals surface area contributed by atoms with Gasteiger partial charge in [-0.15, -0.1) is 0 Å². The van der Waals surface area contributed by atoms with E-state index in [9.17, 15) is 19.7 Å². The van der Waals surface area contributed by atoms with E-state index in [2.05, 4.69) is 20.9 Å². The van der Waals surface area contributed by atoms with Crippen LogP contribution in [-0.2, 0) is 16.1 Å². The molecule has 0 bridgehead atoms. The molecule has 144 valence electrons. The Hall–Kier alpha value is -2.85. The smallest absolute Gasteiger partial charge is 0.326 e. The van der Waals surface area contributed by atoms with Crippen LogP contribution < -0.4 is 4.80 Å². The quantitative estimate of drug-likeness (QED) is 0.326. The first-order chi connectivity index (χ1) is 13.4. The lowest BCUT2D eigenvalue weighted by Crippen LogP contribution is -2.23. The van der Waals surface area contributed by atoms with E-state index >= 15 is 0 Å². The molecule has 1 amide bonds. The number of amides is 1. The first kappa shape index (κ1) is 19.9. The molecule has 3 rings (SSSR count). The Morgan fingerprint density at radius 3 is 2.61 bits per heavy atom. The number of nitrogens with zero attached hydrogens (tertiary/aromatic N) is 3. The van der Waals surface area contributed by atoms with Gasteiger partial charge in [-0.1, -0.05) is 27.3 Å². The van der Waals surface area contributed by atoms with Gasteiger partial charge in [0.1, 0.15) is 6.54 Å². The second-order valence-corrected chi connectivity index (χ2v) is 7.53. The van der Waals surface area contributed by atoms with Crippen molar-refractivity contribution in [3.05, 3.63) is 67.4 Å². The summed E-state index contributed by atoms with van der Waals surface area (Å²) in [5, 5.41) is 11.0. The van der Waals surface area contributed by atoms with Crippen molar-refractivity contribution in [1.29, 1.82) is 0 Å². The molecule has 0 fully saturated rings. The molecule has 28 heavy (non-hydrogen) atoms. The minimum absolute atomic E-state index is 0.0807. The highest BCUT2D eigenvalue weighted by atomic mass is 79.9. The zero-order valence-corrected chi connectivity index (χ0v) is 17.0. The van der Waals surface area contributed by atoms with Crippen LogP contribution in [0.3, 0.4) is 0 Å². The van der Waals surface area contributed by atoms with Crippen LogP contribution in [-0.4, -0.2) is 28.0 Å². The maximum Gasteiger partial charge on any atom is 0.326 e. The Labute approximate surface area is 171 Å². The first-order valence-corrected chi connectivity index (χ1v) is 9.78. The number of thiazole rings is 1. The van der Waals surface area contributed by atoms with E-state index in [1.54, 1.807) is 31.2 Å². The lowest BCUT2D eigenvalue weighted by molar-refractivity contribution is -0.384. The Morgan fingerprint density at radius 2 is 1.96 bits per heavy atom. The van der Waals surface area contributed by atoms with Gasteiger partial charge in [-0.2, -0.15) is 4.99 Å². The standard InChI is InChI=1S/C18H14BrN3O5S/c1-2-27-16(23)10-21-14-8-7-13(22(25)26)9-15(14)28-18(21)20-17(24)11-3-5-12(19)6-4-11/h3-9H,2,10H2,1H3. The number of rotatable bonds is 5. The molecule has 1 aromatic heterocycles. The molecule has 0 spiro atoms. The van der Waals surface area contributed by atoms with Crippen molar-refractivity contribution in [3.8, 4) is 0 Å². The zero-order chi connectivity index (χ0) is 20.3. The number of halogens is 1. The summed E-state index contributed by atoms with van der Waals surface area (Å²) in [5.74, 6) is -0.968. The molecule has 0 aliphatic rings. The summed E-state index contributed by atoms with van der Waals surface area (Å²) in [6.45, 7) is 1.76. The molecule has 0 saturated carbocycles. The van der Waals surface area contributed by atoms with Crippen molar-refractivity contribution in [3.63, 3.8) is 0 Å². The fraction of sp³-hybridized carbons (Fsp3) is 0.167. The lowest BCUT2D eigenvalue weighted by atomic mass is 10.2. The third-order valence-corrected chi connectivity index (χ3v) is 5.33. The van der Waals surface area contributed by atoms with Gasteiger partial charge in [0.2, 0.25) is 0 Å². The number of nitro groups is 1. The number of ether oxygens (including phenoxy) is 1. The number of non-ortho nitro benzene ring substituents is 1. The monoisotopic (exact) mass is 463 g/mol. The molecule has 10 heteroatoms. The normalized spacial score (nSPS) is 11.6. The number of aromatic nitrogens is 1. The molecular formula is C18H14BrN3O5S. The van der Waals surface area contributed by atoms with Crippen molar-refractivity contribution in [2.45, 2.75) is 13.5 Å². The fourth-order valence-electron chi connectivity index (χ4n) is 2.49. The Balaban J connectivity index is 2.12. The molecule has 2 aromatic carbocycles. The summed E-state index contributed by atoms with van der Waals surface area (Å²) < 4.78 is 7.89. The molecule has 1 heterocycles. The SMILES string of the molecule is CCOC(=O)Cn1c(=NC(=O)c2ccc(Br)cc2)sc2cc([N+](=O)[O-])ccc21. The summed E-state index contributed by atoms with van der Waals surface area (Å²) >= 11 is 4.40. The Bertz CT molecular complexity index is 1130. The summed E-state index contributed by atoms with van der Waals surface area (Å²) in [4.78, 5) is 39.5. The van der Waals surface area contributed by atoms with E-state index in [4.69, 9.17) is 4.74 Å². The highest BCUT2D eigenvalue weighted by molar-refractivity contribution is 9.10. The van der Waals surface area contributed by atoms with Gasteiger partial charge >= 0.3 is 5.97 Å². The predicted octanol–water partition coefficient (Wildman–Crippen LogP) is 3.68. The van der Waals surface area contributed by atoms with Crippen molar-refractivity contribution >= 4 is 55.0 Å². The van der Waals surface area contributed by atoms with Gasteiger partial charge in [0.25, 0.3) is 11.6 Å². The number of nitro benzene ring substituents is 1. The summed E-state index contributed by atoms with van der Waals surface area (Å²) in [6, 6.07) is 11.0. The lowest BCUT2D eigenvalue weighted by Gasteiger charge is -2.05. The highest BCUT2D eigenvalue weighted by Gasteiger charge is 2.15. The second kappa shape index (κ2) is 8.44. The molecule has 3 aromatic rings. The average molecular weight is 464 g/mol. The van der Waals surface area contributed by atoms with Gasteiger partial charge < -0.3 is 9.30 Å². The number of esters is 1. The number of hydrogen-bond acceptors (Lipinski definition) is 6. The van der Waals surface area contributed by atoms with Gasteiger partial charge in [-0.05, 0) is 37.3 Å². The largest absolute Gasteiger partial charge is 0.465 e. The van der Waals surface area contributed by atoms with E-state index in [0.29, 0.717) is 15.8 Å². The molecule has 0 aliphatic carbocycles. The van der Waals surface area contributed by atoms with Crippen LogP contribution in [0.5, 0.6) is 0 Å². The molecule has 0 radical (unpaired) electrons. The number of benzene rings is 2. The third kappa shape index (κ3) is 4.34. The van der Waals surface area contributed by atoms with Crippen molar-refractivity contribution in [2.75, 3.05) is 6.61 Å². The number of carbonyl (C=O) groups excluding carboxylic acids is 2. The Morgan fingerprint density at radius 1 is 1.25 bits per heavy atom. The van der Waals surface area contributed by atoms with Crippen LogP contribution in [0.1, 0.15) is 17.3 Å². The molecule has 8 nitrogen and oxygen atoms in total. The van der Waals surface area contributed by atoms with Crippen LogP contribution in [0.2, 0.25) is 0 Å². The topological polar surface area (TPSA) is 104 Å². The van der Waals surface area contributed by atoms with Crippen molar-refractivity contribution < 1.29 is 19.2 Å². The molecule has 0 N–H and O–H groups in total. The molecule has 0 saturated heterocycles. The van der Waals surface area contributed by atoms with Crippen LogP contribution in [0, 0.1) is 10.1 Å². The van der Waals surface area contributed by atoms with Crippen molar-refractivity contribution in [1.82, 2.24) is 4.57 Å². The molecule has 0 aliphatic heterocycles. The summed E-state index contributed by atoms with van der Waals surface area (Å²) in [5.41, 5.74) is 0.864. The maximum absolute atomic E-state index is 12.5. The Kier molecular flexibility index (Phi) is 6.00. The highest BCUT2D eigenvalue weighted by Crippen LogP contribution is 2.23. The van der Waals surface area contributed by atoms with Crippen molar-refractivity contribution in [2.24, 2.45) is 4.99 Å². The van der Waals surface area contributed by atoms with E-state index in [-0.39, 0.29) is 23.6 Å². The third-order valence-electron chi connectivity index (χ3n) is 3.76. The van der Waals surface area contributed by atoms with E-state index < -0.39 is 16.8 Å². The van der Waals surface area contributed by atoms with Crippen LogP contribution >= 0.6 is 27.3 Å². The average Bonchev–Trinajstić information content (AvgIpc) is 2.98. The van der Waals surface area contributed by atoms with E-state index in [1.165, 1.54) is 22.8 Å². The molecule has 0 atom stereocenters.